The summed E-state index contributed by atoms with van der Waals surface area (Å²) in [6.07, 6.45) is 4.69. The summed E-state index contributed by atoms with van der Waals surface area (Å²) in [5.74, 6) is 0.616. The minimum Gasteiger partial charge on any atom is -0.368 e. The fraction of sp³-hybridized carbons (Fsp3) is 0.625. The summed E-state index contributed by atoms with van der Waals surface area (Å²) in [6, 6.07) is 0. The Balaban J connectivity index is 5.19. The normalized spacial score (nSPS) is 16.4. The van der Waals surface area contributed by atoms with Crippen LogP contribution in [0.5, 0.6) is 0 Å². The van der Waals surface area contributed by atoms with Gasteiger partial charge in [0.05, 0.1) is 0 Å². The van der Waals surface area contributed by atoms with E-state index >= 15 is 0 Å². The van der Waals surface area contributed by atoms with Gasteiger partial charge in [-0.1, -0.05) is 26.0 Å². The Labute approximate surface area is 134 Å². The lowest BCUT2D eigenvalue weighted by Gasteiger charge is -2.28. The first kappa shape index (κ1) is 20.0. The Morgan fingerprint density at radius 1 is 0.909 bits per heavy atom. The predicted octanol–water partition coefficient (Wildman–Crippen LogP) is 3.28. The van der Waals surface area contributed by atoms with Gasteiger partial charge >= 0.3 is 0 Å². The van der Waals surface area contributed by atoms with Crippen LogP contribution in [-0.2, 0) is 0 Å². The first-order chi connectivity index (χ1) is 10.3. The van der Waals surface area contributed by atoms with E-state index in [-0.39, 0.29) is 0 Å². The lowest BCUT2D eigenvalue weighted by molar-refractivity contribution is 0.478. The molecule has 0 heterocycles. The lowest BCUT2D eigenvalue weighted by atomic mass is 9.97. The molecule has 0 bridgehead atoms. The molecule has 0 radical (unpaired) electrons. The van der Waals surface area contributed by atoms with Gasteiger partial charge in [-0.25, -0.2) is 0 Å². The average molecular weight is 306 g/mol. The average Bonchev–Trinajstić information content (AvgIpc) is 2.54. The Hall–Kier alpha value is -1.98. The van der Waals surface area contributed by atoms with E-state index in [2.05, 4.69) is 34.0 Å². The molecule has 6 nitrogen and oxygen atoms in total. The topological polar surface area (TPSA) is 96.5 Å². The predicted molar refractivity (Wildman–Crippen MR) is 94.1 cm³/mol. The minimum absolute atomic E-state index is 0.308. The Kier molecular flexibility index (Phi) is 8.30. The van der Waals surface area contributed by atoms with Crippen LogP contribution >= 0.6 is 0 Å². The van der Waals surface area contributed by atoms with Crippen LogP contribution in [0, 0.1) is 10.8 Å². The van der Waals surface area contributed by atoms with Crippen molar-refractivity contribution >= 4 is 11.7 Å². The van der Waals surface area contributed by atoms with Crippen molar-refractivity contribution in [2.75, 3.05) is 13.1 Å². The van der Waals surface area contributed by atoms with Crippen LogP contribution in [-0.4, -0.2) is 35.8 Å². The van der Waals surface area contributed by atoms with Crippen molar-refractivity contribution < 1.29 is 0 Å². The molecule has 0 spiro atoms. The quantitative estimate of drug-likeness (QED) is 0.216. The number of rotatable bonds is 10. The van der Waals surface area contributed by atoms with Crippen LogP contribution in [0.1, 0.15) is 40.5 Å². The number of hydrogen-bond donors (Lipinski definition) is 4. The number of nitrogens with one attached hydrogen (secondary N) is 4. The highest BCUT2D eigenvalue weighted by Gasteiger charge is 2.32. The number of nitrogens with zero attached hydrogens (tertiary/aromatic N) is 2. The second-order valence-corrected chi connectivity index (χ2v) is 5.54. The largest absolute Gasteiger partial charge is 0.368 e. The van der Waals surface area contributed by atoms with E-state index in [0.717, 1.165) is 0 Å². The van der Waals surface area contributed by atoms with Gasteiger partial charge in [-0.05, 0) is 26.7 Å². The zero-order valence-electron chi connectivity index (χ0n) is 14.3. The van der Waals surface area contributed by atoms with Crippen molar-refractivity contribution in [1.29, 1.82) is 10.8 Å². The van der Waals surface area contributed by atoms with Gasteiger partial charge in [0.1, 0.15) is 22.7 Å². The SMILES string of the molecule is C=CCNC(=N)C(C)(CC)/N=N/C(C)(CC)C(=N)NCC=C. The van der Waals surface area contributed by atoms with Crippen molar-refractivity contribution in [2.24, 2.45) is 10.2 Å². The van der Waals surface area contributed by atoms with Crippen LogP contribution in [0.25, 0.3) is 0 Å². The zero-order valence-corrected chi connectivity index (χ0v) is 14.3. The molecule has 0 aliphatic rings. The Morgan fingerprint density at radius 2 is 1.23 bits per heavy atom. The molecule has 0 rings (SSSR count). The molecule has 4 N–H and O–H groups in total. The zero-order chi connectivity index (χ0) is 17.2. The first-order valence-electron chi connectivity index (χ1n) is 7.61. The van der Waals surface area contributed by atoms with Gasteiger partial charge < -0.3 is 10.6 Å². The summed E-state index contributed by atoms with van der Waals surface area (Å²) in [4.78, 5) is 0. The number of amidine groups is 2. The second-order valence-electron chi connectivity index (χ2n) is 5.54. The molecule has 22 heavy (non-hydrogen) atoms. The Morgan fingerprint density at radius 3 is 1.45 bits per heavy atom. The third-order valence-electron chi connectivity index (χ3n) is 3.79. The molecule has 2 unspecified atom stereocenters. The third kappa shape index (κ3) is 5.42. The standard InChI is InChI=1S/C16H30N6/c1-7-11-19-13(17)15(5,9-3)21-22-16(6,10-4)14(18)20-12-8-2/h7-8H,1-2,9-12H2,3-6H3,(H2,17,19)(H2,18,20)/b22-21+. The van der Waals surface area contributed by atoms with E-state index in [1.807, 2.05) is 27.7 Å². The monoisotopic (exact) mass is 306 g/mol. The second kappa shape index (κ2) is 9.12. The molecular formula is C16H30N6. The van der Waals surface area contributed by atoms with Crippen molar-refractivity contribution in [3.05, 3.63) is 25.3 Å². The molecule has 0 amide bonds. The minimum atomic E-state index is -0.724. The molecule has 0 aromatic heterocycles. The summed E-state index contributed by atoms with van der Waals surface area (Å²) < 4.78 is 0. The van der Waals surface area contributed by atoms with Gasteiger partial charge in [-0.3, -0.25) is 10.8 Å². The fourth-order valence-corrected chi connectivity index (χ4v) is 1.54. The Bertz CT molecular complexity index is 402. The summed E-state index contributed by atoms with van der Waals surface area (Å²) in [5.41, 5.74) is -1.45. The van der Waals surface area contributed by atoms with E-state index < -0.39 is 11.1 Å². The summed E-state index contributed by atoms with van der Waals surface area (Å²) in [7, 11) is 0. The highest BCUT2D eigenvalue weighted by Crippen LogP contribution is 2.22. The molecule has 0 aromatic rings. The maximum absolute atomic E-state index is 8.13. The van der Waals surface area contributed by atoms with E-state index in [4.69, 9.17) is 10.8 Å². The van der Waals surface area contributed by atoms with Crippen LogP contribution < -0.4 is 10.6 Å². The maximum Gasteiger partial charge on any atom is 0.135 e. The van der Waals surface area contributed by atoms with Gasteiger partial charge in [0.25, 0.3) is 0 Å². The van der Waals surface area contributed by atoms with Gasteiger partial charge in [0, 0.05) is 13.1 Å². The van der Waals surface area contributed by atoms with Crippen molar-refractivity contribution in [3.63, 3.8) is 0 Å². The molecule has 0 aliphatic carbocycles. The molecular weight excluding hydrogens is 276 g/mol. The fourth-order valence-electron chi connectivity index (χ4n) is 1.54. The van der Waals surface area contributed by atoms with Gasteiger partial charge in [0.2, 0.25) is 0 Å². The molecule has 0 fully saturated rings. The number of azo groups is 1. The van der Waals surface area contributed by atoms with E-state index in [9.17, 15) is 0 Å². The van der Waals surface area contributed by atoms with Crippen LogP contribution in [0.3, 0.4) is 0 Å². The van der Waals surface area contributed by atoms with Crippen LogP contribution in [0.15, 0.2) is 35.5 Å². The molecule has 2 atom stereocenters. The van der Waals surface area contributed by atoms with E-state index in [0.29, 0.717) is 37.6 Å². The maximum atomic E-state index is 8.13. The highest BCUT2D eigenvalue weighted by molar-refractivity contribution is 5.89. The van der Waals surface area contributed by atoms with Crippen molar-refractivity contribution in [3.8, 4) is 0 Å². The summed E-state index contributed by atoms with van der Waals surface area (Å²) >= 11 is 0. The molecule has 0 aromatic carbocycles. The molecule has 0 saturated carbocycles. The van der Waals surface area contributed by atoms with Gasteiger partial charge in [0.15, 0.2) is 0 Å². The van der Waals surface area contributed by atoms with Crippen molar-refractivity contribution in [2.45, 2.75) is 51.6 Å². The molecule has 0 aliphatic heterocycles. The van der Waals surface area contributed by atoms with E-state index in [1.54, 1.807) is 12.2 Å². The van der Waals surface area contributed by atoms with Crippen molar-refractivity contribution in [1.82, 2.24) is 10.6 Å². The summed E-state index contributed by atoms with van der Waals surface area (Å²) in [5, 5.41) is 31.0. The van der Waals surface area contributed by atoms with Crippen LogP contribution in [0.2, 0.25) is 0 Å². The van der Waals surface area contributed by atoms with Gasteiger partial charge in [-0.2, -0.15) is 10.2 Å². The highest BCUT2D eigenvalue weighted by atomic mass is 15.2. The molecule has 0 saturated heterocycles. The lowest BCUT2D eigenvalue weighted by Crippen LogP contribution is -2.45. The smallest absolute Gasteiger partial charge is 0.135 e. The summed E-state index contributed by atoms with van der Waals surface area (Å²) in [6.45, 7) is 16.0. The van der Waals surface area contributed by atoms with Crippen LogP contribution in [0.4, 0.5) is 0 Å². The number of hydrogen-bond acceptors (Lipinski definition) is 4. The molecule has 6 heteroatoms. The molecule has 124 valence electrons. The van der Waals surface area contributed by atoms with Gasteiger partial charge in [-0.15, -0.1) is 13.2 Å². The van der Waals surface area contributed by atoms with E-state index in [1.165, 1.54) is 0 Å². The third-order valence-corrected chi connectivity index (χ3v) is 3.79. The first-order valence-corrected chi connectivity index (χ1v) is 7.61.